The Morgan fingerprint density at radius 1 is 0.193 bits per heavy atom. The molecule has 570 valence electrons. The summed E-state index contributed by atoms with van der Waals surface area (Å²) in [6.07, 6.45) is 4.80. The Morgan fingerprint density at radius 3 is 0.630 bits per heavy atom. The summed E-state index contributed by atoms with van der Waals surface area (Å²) >= 11 is 0. The van der Waals surface area contributed by atoms with E-state index in [1.807, 2.05) is 12.2 Å². The van der Waals surface area contributed by atoms with E-state index in [0.29, 0.717) is 19.6 Å². The van der Waals surface area contributed by atoms with Gasteiger partial charge in [-0.25, -0.2) is 0 Å². The minimum Gasteiger partial charge on any atom is -0.336 e. The highest BCUT2D eigenvalue weighted by molar-refractivity contribution is 6.12. The Labute approximate surface area is 694 Å². The van der Waals surface area contributed by atoms with Crippen molar-refractivity contribution in [1.29, 1.82) is 0 Å². The molecule has 0 N–H and O–H groups in total. The van der Waals surface area contributed by atoms with E-state index in [0.717, 1.165) is 119 Å². The van der Waals surface area contributed by atoms with Gasteiger partial charge in [0.1, 0.15) is 0 Å². The van der Waals surface area contributed by atoms with E-state index >= 15 is 0 Å². The van der Waals surface area contributed by atoms with E-state index in [-0.39, 0.29) is 0 Å². The van der Waals surface area contributed by atoms with Crippen molar-refractivity contribution in [3.05, 3.63) is 465 Å². The molecule has 0 fully saturated rings. The number of aromatic nitrogens is 3. The Morgan fingerprint density at radius 2 is 0.387 bits per heavy atom. The molecule has 0 saturated heterocycles. The summed E-state index contributed by atoms with van der Waals surface area (Å²) in [4.78, 5) is 11.9. The second-order valence-corrected chi connectivity index (χ2v) is 30.6. The van der Waals surface area contributed by atoms with Crippen molar-refractivity contribution < 1.29 is 0 Å². The molecule has 3 aromatic heterocycles. The third-order valence-corrected chi connectivity index (χ3v) is 23.5. The first-order chi connectivity index (χ1) is 58.8. The van der Waals surface area contributed by atoms with Crippen LogP contribution in [0.1, 0.15) is 40.3 Å². The number of fused-ring (bicyclic) bond motifs is 9. The van der Waals surface area contributed by atoms with Crippen LogP contribution >= 0.6 is 0 Å². The van der Waals surface area contributed by atoms with Gasteiger partial charge < -0.3 is 38.2 Å². The van der Waals surface area contributed by atoms with Gasteiger partial charge in [-0.1, -0.05) is 251 Å². The third-order valence-electron chi connectivity index (χ3n) is 23.5. The van der Waals surface area contributed by atoms with Crippen LogP contribution in [-0.2, 0) is 26.1 Å². The molecule has 8 heteroatoms. The number of anilines is 15. The van der Waals surface area contributed by atoms with Crippen LogP contribution in [-0.4, -0.2) is 13.7 Å². The molecule has 17 aromatic carbocycles. The molecule has 0 bridgehead atoms. The zero-order chi connectivity index (χ0) is 79.7. The predicted molar refractivity (Wildman–Crippen MR) is 505 cm³/mol. The fourth-order valence-corrected chi connectivity index (χ4v) is 17.5. The largest absolute Gasteiger partial charge is 0.336 e. The van der Waals surface area contributed by atoms with Gasteiger partial charge in [0.05, 0.1) is 16.6 Å². The lowest BCUT2D eigenvalue weighted by Gasteiger charge is -2.30. The minimum atomic E-state index is 0.696. The predicted octanol–water partition coefficient (Wildman–Crippen LogP) is 30.4. The van der Waals surface area contributed by atoms with Crippen LogP contribution < -0.4 is 24.5 Å². The molecule has 20 aromatic rings. The monoisotopic (exact) mass is 1530 g/mol. The highest BCUT2D eigenvalue weighted by Gasteiger charge is 2.25. The van der Waals surface area contributed by atoms with Crippen LogP contribution in [0.2, 0.25) is 0 Å². The first kappa shape index (κ1) is 72.6. The Kier molecular flexibility index (Phi) is 19.4. The van der Waals surface area contributed by atoms with Crippen molar-refractivity contribution >= 4 is 163 Å². The van der Waals surface area contributed by atoms with Crippen molar-refractivity contribution in [2.24, 2.45) is 0 Å². The number of hydrogen-bond donors (Lipinski definition) is 0. The van der Waals surface area contributed by atoms with Gasteiger partial charge in [0.15, 0.2) is 0 Å². The fourth-order valence-electron chi connectivity index (χ4n) is 17.5. The summed E-state index contributed by atoms with van der Waals surface area (Å²) in [6, 6.07) is 153. The van der Waals surface area contributed by atoms with Gasteiger partial charge in [-0.2, -0.15) is 0 Å². The topological polar surface area (TPSA) is 31.0 Å². The SMILES string of the molecule is C=Cc1ccc(Cn2c3ccccc3c3ccc(N(c4ccc(N(c5ccccc5)c5ccccc5)cc4)c4ccc(N(c5ccc(N(c6ccc(N(c7ccccc7)c7ccccc7)cc6)c6ccc7c8ccccc8n(Cc8ccc(C=C)cc8)c7c6)cc5)c5ccc6c7ccccc7n(Cc7ccc(CC)cc7)c6c5)cc4)cc32)cc1. The van der Waals surface area contributed by atoms with Crippen LogP contribution in [0.4, 0.5) is 85.3 Å². The molecule has 8 nitrogen and oxygen atoms in total. The van der Waals surface area contributed by atoms with E-state index in [9.17, 15) is 0 Å². The Hall–Kier alpha value is -15.4. The van der Waals surface area contributed by atoms with Crippen molar-refractivity contribution in [3.63, 3.8) is 0 Å². The van der Waals surface area contributed by atoms with Gasteiger partial charge in [0.2, 0.25) is 0 Å². The van der Waals surface area contributed by atoms with Crippen LogP contribution in [0.15, 0.2) is 432 Å². The number of hydrogen-bond acceptors (Lipinski definition) is 5. The first-order valence-corrected chi connectivity index (χ1v) is 41.0. The number of rotatable bonds is 24. The van der Waals surface area contributed by atoms with Crippen LogP contribution in [0, 0.1) is 0 Å². The molecule has 0 aliphatic heterocycles. The number of nitrogens with zero attached hydrogens (tertiary/aromatic N) is 8. The summed E-state index contributed by atoms with van der Waals surface area (Å²) < 4.78 is 7.46. The lowest BCUT2D eigenvalue weighted by molar-refractivity contribution is 0.867. The summed E-state index contributed by atoms with van der Waals surface area (Å²) in [7, 11) is 0. The van der Waals surface area contributed by atoms with Crippen molar-refractivity contribution in [2.45, 2.75) is 33.0 Å². The third kappa shape index (κ3) is 14.0. The van der Waals surface area contributed by atoms with E-state index in [1.165, 1.54) is 71.1 Å². The molecule has 0 radical (unpaired) electrons. The lowest BCUT2D eigenvalue weighted by atomic mass is 10.1. The molecule has 3 heterocycles. The maximum absolute atomic E-state index is 4.06. The summed E-state index contributed by atoms with van der Waals surface area (Å²) in [5, 5.41) is 7.27. The van der Waals surface area contributed by atoms with E-state index in [4.69, 9.17) is 0 Å². The lowest BCUT2D eigenvalue weighted by Crippen LogP contribution is -2.14. The normalized spacial score (nSPS) is 11.4. The zero-order valence-electron chi connectivity index (χ0n) is 66.3. The second-order valence-electron chi connectivity index (χ2n) is 30.6. The molecule has 0 amide bonds. The van der Waals surface area contributed by atoms with E-state index < -0.39 is 0 Å². The number of aryl methyl sites for hydroxylation is 1. The van der Waals surface area contributed by atoms with Crippen LogP contribution in [0.3, 0.4) is 0 Å². The quantitative estimate of drug-likeness (QED) is 0.0602. The van der Waals surface area contributed by atoms with Crippen molar-refractivity contribution in [3.8, 4) is 0 Å². The molecular weight excluding hydrogens is 1450 g/mol. The molecule has 0 saturated carbocycles. The average Bonchev–Trinajstić information content (AvgIpc) is 1.71. The molecule has 0 atom stereocenters. The van der Waals surface area contributed by atoms with E-state index in [1.54, 1.807) is 0 Å². The maximum Gasteiger partial charge on any atom is 0.0515 e. The summed E-state index contributed by atoms with van der Waals surface area (Å²) in [5.74, 6) is 0. The molecule has 119 heavy (non-hydrogen) atoms. The average molecular weight is 1530 g/mol. The Bertz CT molecular complexity index is 6610. The highest BCUT2D eigenvalue weighted by atomic mass is 15.2. The van der Waals surface area contributed by atoms with Crippen LogP contribution in [0.25, 0.3) is 77.6 Å². The van der Waals surface area contributed by atoms with Gasteiger partial charge in [-0.05, 0) is 240 Å². The van der Waals surface area contributed by atoms with Gasteiger partial charge >= 0.3 is 0 Å². The number of benzene rings is 17. The zero-order valence-corrected chi connectivity index (χ0v) is 66.3. The second kappa shape index (κ2) is 31.8. The van der Waals surface area contributed by atoms with Crippen molar-refractivity contribution in [2.75, 3.05) is 24.5 Å². The van der Waals surface area contributed by atoms with Gasteiger partial charge in [0, 0.05) is 154 Å². The van der Waals surface area contributed by atoms with E-state index in [2.05, 4.69) is 477 Å². The molecule has 0 unspecified atom stereocenters. The van der Waals surface area contributed by atoms with Crippen molar-refractivity contribution in [1.82, 2.24) is 13.7 Å². The van der Waals surface area contributed by atoms with Gasteiger partial charge in [0.25, 0.3) is 0 Å². The Balaban J connectivity index is 0.749. The minimum absolute atomic E-state index is 0.696. The number of para-hydroxylation sites is 7. The summed E-state index contributed by atoms with van der Waals surface area (Å²) in [6.45, 7) is 12.4. The molecule has 0 aliphatic carbocycles. The molecule has 0 spiro atoms. The smallest absolute Gasteiger partial charge is 0.0515 e. The van der Waals surface area contributed by atoms with Crippen LogP contribution in [0.5, 0.6) is 0 Å². The highest BCUT2D eigenvalue weighted by Crippen LogP contribution is 2.48. The maximum atomic E-state index is 4.06. The summed E-state index contributed by atoms with van der Waals surface area (Å²) in [5.41, 5.74) is 29.8. The van der Waals surface area contributed by atoms with Gasteiger partial charge in [-0.3, -0.25) is 0 Å². The molecule has 0 aliphatic rings. The standard InChI is InChI=1S/C111H86N8/c1-4-79-39-45-82(46-40-79)76-112-106-36-22-19-33-100(106)103-70-67-97(73-109(103)112)117(91-55-51-89(52-56-91)115(85-25-11-7-12-26-85)86-27-13-8-14-28-86)93-59-63-95(64-60-93)119(99-69-72-105-102-35-21-24-38-108(102)114(111(105)75-99)78-84-49-43-81(6-3)44-50-84)96-65-61-94(62-66-96)118(92-57-53-90(54-58-92)116(87-29-15-9-16-30-87)88-31-17-10-18-32-88)98-68-71-104-101-34-20-23-37-107(101)113(110(104)74-98)77-83-47-41-80(5-2)42-48-83/h4-5,7-75H,1-2,6,76-78H2,3H3. The molecule has 20 rings (SSSR count). The fraction of sp³-hybridized carbons (Fsp3) is 0.0450. The van der Waals surface area contributed by atoms with Gasteiger partial charge in [-0.15, -0.1) is 0 Å². The molecular formula is C111H86N8. The first-order valence-electron chi connectivity index (χ1n) is 41.0.